The summed E-state index contributed by atoms with van der Waals surface area (Å²) in [6, 6.07) is 4.74. The van der Waals surface area contributed by atoms with Crippen LogP contribution in [0.3, 0.4) is 0 Å². The monoisotopic (exact) mass is 364 g/mol. The number of hydrogen-bond acceptors (Lipinski definition) is 3. The minimum absolute atomic E-state index is 0.108. The maximum Gasteiger partial charge on any atom is 0.471 e. The molecule has 0 radical (unpaired) electrons. The molecule has 0 aliphatic carbocycles. The number of ether oxygens (including phenoxy) is 1. The van der Waals surface area contributed by atoms with E-state index in [2.05, 4.69) is 5.32 Å². The van der Waals surface area contributed by atoms with Gasteiger partial charge in [-0.05, 0) is 31.0 Å². The van der Waals surface area contributed by atoms with Gasteiger partial charge in [0.2, 0.25) is 5.91 Å². The SMILES string of the molecule is COc1ccc(Cl)cc1NC(=O)C1CCN(C(=O)C(F)(F)F)CC1. The molecule has 1 aromatic rings. The number of carbonyl (C=O) groups is 2. The highest BCUT2D eigenvalue weighted by Gasteiger charge is 2.43. The molecule has 1 aliphatic rings. The van der Waals surface area contributed by atoms with Crippen molar-refractivity contribution in [2.45, 2.75) is 19.0 Å². The van der Waals surface area contributed by atoms with Crippen LogP contribution in [0.25, 0.3) is 0 Å². The number of carbonyl (C=O) groups excluding carboxylic acids is 2. The van der Waals surface area contributed by atoms with Crippen molar-refractivity contribution in [1.29, 1.82) is 0 Å². The molecule has 24 heavy (non-hydrogen) atoms. The Morgan fingerprint density at radius 3 is 2.46 bits per heavy atom. The Hall–Kier alpha value is -1.96. The number of methoxy groups -OCH3 is 1. The Morgan fingerprint density at radius 1 is 1.29 bits per heavy atom. The van der Waals surface area contributed by atoms with Crippen molar-refractivity contribution in [2.75, 3.05) is 25.5 Å². The molecule has 1 saturated heterocycles. The molecule has 2 rings (SSSR count). The lowest BCUT2D eigenvalue weighted by atomic mass is 9.95. The molecular formula is C15H16ClF3N2O3. The third kappa shape index (κ3) is 4.31. The molecule has 1 N–H and O–H groups in total. The highest BCUT2D eigenvalue weighted by atomic mass is 35.5. The second kappa shape index (κ2) is 7.29. The molecule has 5 nitrogen and oxygen atoms in total. The van der Waals surface area contributed by atoms with E-state index in [1.807, 2.05) is 0 Å². The van der Waals surface area contributed by atoms with E-state index in [9.17, 15) is 22.8 Å². The van der Waals surface area contributed by atoms with Gasteiger partial charge in [0.1, 0.15) is 5.75 Å². The topological polar surface area (TPSA) is 58.6 Å². The third-order valence-corrected chi connectivity index (χ3v) is 4.05. The molecule has 0 aromatic heterocycles. The van der Waals surface area contributed by atoms with E-state index < -0.39 is 18.0 Å². The summed E-state index contributed by atoms with van der Waals surface area (Å²) in [5, 5.41) is 3.09. The molecule has 1 heterocycles. The van der Waals surface area contributed by atoms with Crippen molar-refractivity contribution in [3.63, 3.8) is 0 Å². The smallest absolute Gasteiger partial charge is 0.471 e. The van der Waals surface area contributed by atoms with Crippen LogP contribution in [0, 0.1) is 5.92 Å². The van der Waals surface area contributed by atoms with Crippen molar-refractivity contribution < 1.29 is 27.5 Å². The number of anilines is 1. The Bertz CT molecular complexity index is 629. The second-order valence-corrected chi connectivity index (χ2v) is 5.83. The fourth-order valence-electron chi connectivity index (χ4n) is 2.54. The first-order chi connectivity index (χ1) is 11.2. The first-order valence-electron chi connectivity index (χ1n) is 7.23. The number of likely N-dealkylation sites (tertiary alicyclic amines) is 1. The van der Waals surface area contributed by atoms with Crippen LogP contribution in [-0.4, -0.2) is 43.1 Å². The lowest BCUT2D eigenvalue weighted by Crippen LogP contribution is -2.46. The number of hydrogen-bond donors (Lipinski definition) is 1. The standard InChI is InChI=1S/C15H16ClF3N2O3/c1-24-12-3-2-10(16)8-11(12)20-13(22)9-4-6-21(7-5-9)14(23)15(17,18)19/h2-3,8-9H,4-7H2,1H3,(H,20,22). The predicted molar refractivity (Wildman–Crippen MR) is 82.0 cm³/mol. The number of alkyl halides is 3. The van der Waals surface area contributed by atoms with E-state index in [0.29, 0.717) is 16.5 Å². The van der Waals surface area contributed by atoms with Gasteiger partial charge < -0.3 is 15.0 Å². The van der Waals surface area contributed by atoms with Gasteiger partial charge in [-0.2, -0.15) is 13.2 Å². The minimum atomic E-state index is -4.89. The third-order valence-electron chi connectivity index (χ3n) is 3.81. The summed E-state index contributed by atoms with van der Waals surface area (Å²) >= 11 is 5.88. The Balaban J connectivity index is 1.96. The van der Waals surface area contributed by atoms with Gasteiger partial charge in [-0.25, -0.2) is 0 Å². The average Bonchev–Trinajstić information content (AvgIpc) is 2.53. The van der Waals surface area contributed by atoms with E-state index in [0.717, 1.165) is 4.90 Å². The van der Waals surface area contributed by atoms with Crippen molar-refractivity contribution >= 4 is 29.1 Å². The van der Waals surface area contributed by atoms with Crippen LogP contribution in [-0.2, 0) is 9.59 Å². The molecule has 0 saturated carbocycles. The number of halogens is 4. The molecule has 1 aromatic carbocycles. The summed E-state index contributed by atoms with van der Waals surface area (Å²) < 4.78 is 42.3. The zero-order chi connectivity index (χ0) is 17.9. The molecule has 0 atom stereocenters. The summed E-state index contributed by atoms with van der Waals surface area (Å²) in [7, 11) is 1.44. The van der Waals surface area contributed by atoms with Gasteiger partial charge in [0.05, 0.1) is 12.8 Å². The van der Waals surface area contributed by atoms with Gasteiger partial charge in [-0.3, -0.25) is 9.59 Å². The largest absolute Gasteiger partial charge is 0.495 e. The molecular weight excluding hydrogens is 349 g/mol. The van der Waals surface area contributed by atoms with Crippen molar-refractivity contribution in [3.05, 3.63) is 23.2 Å². The molecule has 9 heteroatoms. The number of rotatable bonds is 3. The number of nitrogens with one attached hydrogen (secondary N) is 1. The predicted octanol–water partition coefficient (Wildman–Crippen LogP) is 3.09. The molecule has 0 unspecified atom stereocenters. The van der Waals surface area contributed by atoms with E-state index in [1.54, 1.807) is 12.1 Å². The summed E-state index contributed by atoms with van der Waals surface area (Å²) in [4.78, 5) is 24.2. The van der Waals surface area contributed by atoms with Gasteiger partial charge >= 0.3 is 12.1 Å². The van der Waals surface area contributed by atoms with Crippen LogP contribution in [0.1, 0.15) is 12.8 Å². The van der Waals surface area contributed by atoms with Crippen LogP contribution in [0.2, 0.25) is 5.02 Å². The van der Waals surface area contributed by atoms with E-state index in [4.69, 9.17) is 16.3 Å². The minimum Gasteiger partial charge on any atom is -0.495 e. The van der Waals surface area contributed by atoms with Crippen molar-refractivity contribution in [2.24, 2.45) is 5.92 Å². The Morgan fingerprint density at radius 2 is 1.92 bits per heavy atom. The number of amides is 2. The maximum atomic E-state index is 12.4. The molecule has 1 aliphatic heterocycles. The zero-order valence-electron chi connectivity index (χ0n) is 12.8. The normalized spacial score (nSPS) is 16.0. The summed E-state index contributed by atoms with van der Waals surface area (Å²) in [6.07, 6.45) is -4.56. The van der Waals surface area contributed by atoms with Gasteiger partial charge in [0.25, 0.3) is 0 Å². The van der Waals surface area contributed by atoms with E-state index in [-0.39, 0.29) is 31.8 Å². The number of benzene rings is 1. The van der Waals surface area contributed by atoms with Gasteiger partial charge in [0.15, 0.2) is 0 Å². The van der Waals surface area contributed by atoms with Crippen LogP contribution >= 0.6 is 11.6 Å². The highest BCUT2D eigenvalue weighted by molar-refractivity contribution is 6.31. The van der Waals surface area contributed by atoms with Crippen molar-refractivity contribution in [1.82, 2.24) is 4.90 Å². The van der Waals surface area contributed by atoms with Crippen LogP contribution < -0.4 is 10.1 Å². The summed E-state index contributed by atoms with van der Waals surface area (Å²) in [6.45, 7) is -0.216. The molecule has 1 fully saturated rings. The summed E-state index contributed by atoms with van der Waals surface area (Å²) in [5.41, 5.74) is 0.392. The number of nitrogens with zero attached hydrogens (tertiary/aromatic N) is 1. The quantitative estimate of drug-likeness (QED) is 0.896. The highest BCUT2D eigenvalue weighted by Crippen LogP contribution is 2.29. The maximum absolute atomic E-state index is 12.4. The fraction of sp³-hybridized carbons (Fsp3) is 0.467. The Kier molecular flexibility index (Phi) is 5.58. The van der Waals surface area contributed by atoms with Crippen LogP contribution in [0.15, 0.2) is 18.2 Å². The van der Waals surface area contributed by atoms with Crippen LogP contribution in [0.4, 0.5) is 18.9 Å². The zero-order valence-corrected chi connectivity index (χ0v) is 13.6. The first kappa shape index (κ1) is 18.4. The van der Waals surface area contributed by atoms with Gasteiger partial charge in [0, 0.05) is 24.0 Å². The lowest BCUT2D eigenvalue weighted by Gasteiger charge is -2.31. The first-order valence-corrected chi connectivity index (χ1v) is 7.60. The van der Waals surface area contributed by atoms with Crippen LogP contribution in [0.5, 0.6) is 5.75 Å². The van der Waals surface area contributed by atoms with E-state index >= 15 is 0 Å². The average molecular weight is 365 g/mol. The molecule has 2 amide bonds. The number of piperidine rings is 1. The summed E-state index contributed by atoms with van der Waals surface area (Å²) in [5.74, 6) is -2.25. The Labute approximate surface area is 141 Å². The van der Waals surface area contributed by atoms with E-state index in [1.165, 1.54) is 13.2 Å². The molecule has 0 spiro atoms. The fourth-order valence-corrected chi connectivity index (χ4v) is 2.71. The molecule has 0 bridgehead atoms. The van der Waals surface area contributed by atoms with Gasteiger partial charge in [-0.15, -0.1) is 0 Å². The molecule has 132 valence electrons. The second-order valence-electron chi connectivity index (χ2n) is 5.40. The van der Waals surface area contributed by atoms with Crippen molar-refractivity contribution in [3.8, 4) is 5.75 Å². The van der Waals surface area contributed by atoms with Gasteiger partial charge in [-0.1, -0.05) is 11.6 Å². The lowest BCUT2D eigenvalue weighted by molar-refractivity contribution is -0.186.